The molecular weight excluding hydrogens is 494 g/mol. The number of allylic oxidation sites excluding steroid dienone is 1. The average Bonchev–Trinajstić information content (AvgIpc) is 3.20. The van der Waals surface area contributed by atoms with Gasteiger partial charge in [0.1, 0.15) is 5.69 Å². The predicted molar refractivity (Wildman–Crippen MR) is 133 cm³/mol. The molecule has 4 aromatic rings. The van der Waals surface area contributed by atoms with E-state index in [0.29, 0.717) is 38.7 Å². The summed E-state index contributed by atoms with van der Waals surface area (Å²) in [6.07, 6.45) is 7.30. The molecule has 1 aliphatic rings. The van der Waals surface area contributed by atoms with Crippen molar-refractivity contribution >= 4 is 50.8 Å². The smallest absolute Gasteiger partial charge is 0.387 e. The monoisotopic (exact) mass is 514 g/mol. The molecule has 1 aromatic carbocycles. The molecule has 180 valence electrons. The molecule has 11 heteroatoms. The Bertz CT molecular complexity index is 1440. The topological polar surface area (TPSA) is 77.8 Å². The molecule has 0 unspecified atom stereocenters. The Balaban J connectivity index is 1.47. The lowest BCUT2D eigenvalue weighted by Gasteiger charge is -2.14. The van der Waals surface area contributed by atoms with E-state index in [-0.39, 0.29) is 17.4 Å². The molecule has 35 heavy (non-hydrogen) atoms. The Kier molecular flexibility index (Phi) is 6.35. The number of anilines is 1. The first-order valence-electron chi connectivity index (χ1n) is 10.7. The first-order chi connectivity index (χ1) is 16.9. The summed E-state index contributed by atoms with van der Waals surface area (Å²) >= 11 is 2.78. The molecule has 0 spiro atoms. The Morgan fingerprint density at radius 3 is 2.86 bits per heavy atom. The third-order valence-electron chi connectivity index (χ3n) is 5.16. The lowest BCUT2D eigenvalue weighted by atomic mass is 10.1. The molecular formula is C24H20F2N4O3S2. The quantitative estimate of drug-likeness (QED) is 0.253. The van der Waals surface area contributed by atoms with Crippen molar-refractivity contribution in [3.8, 4) is 11.5 Å². The number of nitrogens with zero attached hydrogens (tertiary/aromatic N) is 3. The fraction of sp³-hybridized carbons (Fsp3) is 0.208. The van der Waals surface area contributed by atoms with Crippen molar-refractivity contribution < 1.29 is 23.0 Å². The minimum atomic E-state index is -3.01. The maximum absolute atomic E-state index is 13.2. The number of nitrogens with one attached hydrogen (secondary N) is 1. The number of alkyl halides is 2. The number of ether oxygens (including phenoxy) is 2. The average molecular weight is 515 g/mol. The summed E-state index contributed by atoms with van der Waals surface area (Å²) in [5.41, 5.74) is 2.22. The van der Waals surface area contributed by atoms with Gasteiger partial charge < -0.3 is 9.47 Å². The lowest BCUT2D eigenvalue weighted by molar-refractivity contribution is -0.0511. The van der Waals surface area contributed by atoms with E-state index in [1.807, 2.05) is 10.8 Å². The van der Waals surface area contributed by atoms with E-state index in [1.54, 1.807) is 41.8 Å². The third-order valence-corrected chi connectivity index (χ3v) is 6.70. The number of halogens is 2. The molecule has 0 atom stereocenters. The van der Waals surface area contributed by atoms with Gasteiger partial charge in [-0.3, -0.25) is 14.5 Å². The van der Waals surface area contributed by atoms with E-state index in [9.17, 15) is 13.6 Å². The second-order valence-electron chi connectivity index (χ2n) is 7.90. The van der Waals surface area contributed by atoms with Crippen LogP contribution in [0, 0.1) is 0 Å². The van der Waals surface area contributed by atoms with Gasteiger partial charge in [0.2, 0.25) is 0 Å². The Morgan fingerprint density at radius 2 is 2.11 bits per heavy atom. The van der Waals surface area contributed by atoms with E-state index in [0.717, 1.165) is 18.5 Å². The van der Waals surface area contributed by atoms with Crippen molar-refractivity contribution in [2.45, 2.75) is 32.3 Å². The van der Waals surface area contributed by atoms with Crippen LogP contribution in [0.25, 0.3) is 17.1 Å². The van der Waals surface area contributed by atoms with Crippen molar-refractivity contribution in [1.29, 1.82) is 0 Å². The molecule has 5 rings (SSSR count). The zero-order chi connectivity index (χ0) is 24.5. The molecule has 3 heterocycles. The minimum Gasteiger partial charge on any atom is -0.458 e. The normalized spacial score (nSPS) is 13.6. The third kappa shape index (κ3) is 5.10. The first kappa shape index (κ1) is 23.2. The van der Waals surface area contributed by atoms with Crippen LogP contribution in [0.5, 0.6) is 11.5 Å². The van der Waals surface area contributed by atoms with E-state index >= 15 is 0 Å². The highest BCUT2D eigenvalue weighted by Gasteiger charge is 2.27. The highest BCUT2D eigenvalue weighted by atomic mass is 32.1. The number of benzene rings is 1. The SMILES string of the molecule is C=C(C)Oc1c(C=Cc2nc3sccn3c2C(=O)Nc2nc(C3CC3)cs2)cccc1OC(F)F. The number of hydrogen-bond donors (Lipinski definition) is 1. The van der Waals surface area contributed by atoms with Gasteiger partial charge in [0.25, 0.3) is 5.91 Å². The van der Waals surface area contributed by atoms with Gasteiger partial charge in [0.05, 0.1) is 17.1 Å². The van der Waals surface area contributed by atoms with Crippen molar-refractivity contribution in [3.05, 3.63) is 70.1 Å². The predicted octanol–water partition coefficient (Wildman–Crippen LogP) is 6.67. The van der Waals surface area contributed by atoms with Gasteiger partial charge in [-0.15, -0.1) is 22.7 Å². The molecule has 1 aliphatic carbocycles. The number of amides is 1. The number of para-hydroxylation sites is 1. The number of thiazole rings is 2. The number of imidazole rings is 1. The molecule has 0 bridgehead atoms. The number of carbonyl (C=O) groups excluding carboxylic acids is 1. The summed E-state index contributed by atoms with van der Waals surface area (Å²) in [4.78, 5) is 23.0. The molecule has 0 radical (unpaired) electrons. The van der Waals surface area contributed by atoms with E-state index in [2.05, 4.69) is 26.6 Å². The summed E-state index contributed by atoms with van der Waals surface area (Å²) in [6, 6.07) is 4.64. The van der Waals surface area contributed by atoms with Crippen LogP contribution in [-0.2, 0) is 0 Å². The Hall–Kier alpha value is -3.57. The Labute approximate surface area is 207 Å². The van der Waals surface area contributed by atoms with Gasteiger partial charge in [-0.1, -0.05) is 18.7 Å². The van der Waals surface area contributed by atoms with Crippen molar-refractivity contribution in [1.82, 2.24) is 14.4 Å². The minimum absolute atomic E-state index is 0.0963. The van der Waals surface area contributed by atoms with Crippen molar-refractivity contribution in [2.24, 2.45) is 0 Å². The van der Waals surface area contributed by atoms with Crippen LogP contribution in [0.1, 0.15) is 53.1 Å². The fourth-order valence-corrected chi connectivity index (χ4v) is 5.02. The van der Waals surface area contributed by atoms with Crippen LogP contribution < -0.4 is 14.8 Å². The van der Waals surface area contributed by atoms with Gasteiger partial charge in [-0.25, -0.2) is 9.97 Å². The summed E-state index contributed by atoms with van der Waals surface area (Å²) in [5, 5.41) is 7.22. The van der Waals surface area contributed by atoms with E-state index < -0.39 is 6.61 Å². The number of hydrogen-bond acceptors (Lipinski definition) is 7. The van der Waals surface area contributed by atoms with Crippen LogP contribution in [0.15, 0.2) is 47.5 Å². The molecule has 7 nitrogen and oxygen atoms in total. The molecule has 1 fully saturated rings. The standard InChI is InChI=1S/C24H20F2N4O3S2/c1-13(2)32-20-15(4-3-5-18(20)33-22(25)26)8-9-16-19(30-10-11-34-24(30)28-16)21(31)29-23-27-17(12-35-23)14-6-7-14/h3-5,8-12,14,22H,1,6-7H2,2H3,(H,27,29,31). The summed E-state index contributed by atoms with van der Waals surface area (Å²) in [6.45, 7) is 2.28. The summed E-state index contributed by atoms with van der Waals surface area (Å²) in [5.74, 6) is 0.430. The molecule has 0 aliphatic heterocycles. The molecule has 1 amide bonds. The van der Waals surface area contributed by atoms with Gasteiger partial charge in [-0.2, -0.15) is 8.78 Å². The maximum Gasteiger partial charge on any atom is 0.387 e. The van der Waals surface area contributed by atoms with Gasteiger partial charge in [-0.05, 0) is 38.0 Å². The maximum atomic E-state index is 13.2. The van der Waals surface area contributed by atoms with Gasteiger partial charge in [0.15, 0.2) is 21.6 Å². The second kappa shape index (κ2) is 9.59. The summed E-state index contributed by atoms with van der Waals surface area (Å²) in [7, 11) is 0. The second-order valence-corrected chi connectivity index (χ2v) is 9.63. The van der Waals surface area contributed by atoms with Crippen molar-refractivity contribution in [3.63, 3.8) is 0 Å². The molecule has 3 aromatic heterocycles. The molecule has 1 N–H and O–H groups in total. The largest absolute Gasteiger partial charge is 0.458 e. The van der Waals surface area contributed by atoms with Gasteiger partial charge in [0, 0.05) is 28.4 Å². The molecule has 0 saturated heterocycles. The van der Waals surface area contributed by atoms with Gasteiger partial charge >= 0.3 is 6.61 Å². The number of rotatable bonds is 9. The number of carbonyl (C=O) groups is 1. The van der Waals surface area contributed by atoms with Crippen LogP contribution in [0.2, 0.25) is 0 Å². The Morgan fingerprint density at radius 1 is 1.29 bits per heavy atom. The fourth-order valence-electron chi connectivity index (χ4n) is 3.52. The lowest BCUT2D eigenvalue weighted by Crippen LogP contribution is -2.15. The van der Waals surface area contributed by atoms with Crippen LogP contribution >= 0.6 is 22.7 Å². The highest BCUT2D eigenvalue weighted by Crippen LogP contribution is 2.41. The summed E-state index contributed by atoms with van der Waals surface area (Å²) < 4.78 is 37.7. The number of fused-ring (bicyclic) bond motifs is 1. The zero-order valence-electron chi connectivity index (χ0n) is 18.5. The van der Waals surface area contributed by atoms with Crippen LogP contribution in [-0.4, -0.2) is 26.9 Å². The zero-order valence-corrected chi connectivity index (χ0v) is 20.2. The van der Waals surface area contributed by atoms with E-state index in [4.69, 9.17) is 4.74 Å². The van der Waals surface area contributed by atoms with Crippen LogP contribution in [0.4, 0.5) is 13.9 Å². The highest BCUT2D eigenvalue weighted by molar-refractivity contribution is 7.15. The van der Waals surface area contributed by atoms with Crippen LogP contribution in [0.3, 0.4) is 0 Å². The molecule has 1 saturated carbocycles. The van der Waals surface area contributed by atoms with Crippen molar-refractivity contribution in [2.75, 3.05) is 5.32 Å². The van der Waals surface area contributed by atoms with E-state index in [1.165, 1.54) is 28.7 Å². The number of aromatic nitrogens is 3. The first-order valence-corrected chi connectivity index (χ1v) is 12.5.